The number of carbonyl (C=O) groups excluding carboxylic acids is 2. The van der Waals surface area contributed by atoms with Crippen LogP contribution >= 0.6 is 0 Å². The van der Waals surface area contributed by atoms with Gasteiger partial charge in [-0.2, -0.15) is 0 Å². The molecule has 5 nitrogen and oxygen atoms in total. The number of benzene rings is 2. The molecule has 1 heterocycles. The van der Waals surface area contributed by atoms with Crippen molar-refractivity contribution in [3.05, 3.63) is 65.0 Å². The lowest BCUT2D eigenvalue weighted by Gasteiger charge is -2.36. The fraction of sp³-hybridized carbons (Fsp3) is 0.440. The Hall–Kier alpha value is -2.73. The summed E-state index contributed by atoms with van der Waals surface area (Å²) in [4.78, 5) is 30.5. The van der Waals surface area contributed by atoms with E-state index in [9.17, 15) is 14.0 Å². The minimum Gasteiger partial charge on any atom is -0.366 e. The zero-order chi connectivity index (χ0) is 22.5. The number of hydrogen-bond donors (Lipinski definition) is 0. The van der Waals surface area contributed by atoms with Gasteiger partial charge in [-0.05, 0) is 63.2 Å². The Bertz CT molecular complexity index is 919. The molecule has 0 spiro atoms. The van der Waals surface area contributed by atoms with Crippen molar-refractivity contribution in [3.63, 3.8) is 0 Å². The van der Waals surface area contributed by atoms with E-state index in [0.717, 1.165) is 13.1 Å². The fourth-order valence-corrected chi connectivity index (χ4v) is 3.96. The molecular weight excluding hydrogens is 393 g/mol. The summed E-state index contributed by atoms with van der Waals surface area (Å²) in [7, 11) is 0. The molecule has 0 aromatic heterocycles. The highest BCUT2D eigenvalue weighted by Crippen LogP contribution is 2.23. The van der Waals surface area contributed by atoms with Crippen molar-refractivity contribution in [1.82, 2.24) is 9.80 Å². The fourth-order valence-electron chi connectivity index (χ4n) is 3.96. The van der Waals surface area contributed by atoms with Crippen LogP contribution in [-0.4, -0.2) is 60.3 Å². The number of hydrogen-bond acceptors (Lipinski definition) is 4. The minimum atomic E-state index is -0.398. The summed E-state index contributed by atoms with van der Waals surface area (Å²) in [6.45, 7) is 12.0. The van der Waals surface area contributed by atoms with Gasteiger partial charge in [0.15, 0.2) is 5.78 Å². The van der Waals surface area contributed by atoms with E-state index in [0.29, 0.717) is 49.0 Å². The van der Waals surface area contributed by atoms with Crippen molar-refractivity contribution in [2.45, 2.75) is 40.3 Å². The largest absolute Gasteiger partial charge is 0.366 e. The molecule has 1 fully saturated rings. The van der Waals surface area contributed by atoms with Crippen LogP contribution in [0, 0.1) is 5.82 Å². The maximum atomic E-state index is 14.4. The van der Waals surface area contributed by atoms with Crippen molar-refractivity contribution >= 4 is 17.4 Å². The predicted octanol–water partition coefficient (Wildman–Crippen LogP) is 4.22. The topological polar surface area (TPSA) is 43.9 Å². The molecule has 1 aliphatic rings. The highest BCUT2D eigenvalue weighted by molar-refractivity contribution is 5.95. The van der Waals surface area contributed by atoms with E-state index in [2.05, 4.69) is 25.7 Å². The Kier molecular flexibility index (Phi) is 7.44. The van der Waals surface area contributed by atoms with Crippen LogP contribution in [0.25, 0.3) is 0 Å². The van der Waals surface area contributed by atoms with Crippen molar-refractivity contribution in [3.8, 4) is 0 Å². The lowest BCUT2D eigenvalue weighted by atomic mass is 10.1. The summed E-state index contributed by atoms with van der Waals surface area (Å²) < 4.78 is 14.4. The summed E-state index contributed by atoms with van der Waals surface area (Å²) in [5.41, 5.74) is 2.73. The molecule has 0 saturated carbocycles. The molecule has 2 aromatic carbocycles. The van der Waals surface area contributed by atoms with Gasteiger partial charge in [-0.1, -0.05) is 19.1 Å². The minimum absolute atomic E-state index is 0.00908. The van der Waals surface area contributed by atoms with Crippen LogP contribution in [0.3, 0.4) is 0 Å². The van der Waals surface area contributed by atoms with Gasteiger partial charge in [0.05, 0.1) is 5.69 Å². The quantitative estimate of drug-likeness (QED) is 0.623. The highest BCUT2D eigenvalue weighted by Gasteiger charge is 2.24. The van der Waals surface area contributed by atoms with Gasteiger partial charge in [0.25, 0.3) is 5.91 Å². The summed E-state index contributed by atoms with van der Waals surface area (Å²) in [6.07, 6.45) is 0. The number of ketones is 1. The standard InChI is InChI=1S/C25H32FN3O2/c1-5-27(18(2)3)17-20-6-8-21(9-7-20)25(31)29-14-12-28(13-15-29)24-11-10-22(19(4)30)16-23(24)26/h6-11,16,18H,5,12-15,17H2,1-4H3. The van der Waals surface area contributed by atoms with Crippen LogP contribution in [0.2, 0.25) is 0 Å². The van der Waals surface area contributed by atoms with Crippen LogP contribution in [0.1, 0.15) is 54.0 Å². The van der Waals surface area contributed by atoms with Gasteiger partial charge in [-0.15, -0.1) is 0 Å². The van der Waals surface area contributed by atoms with E-state index in [1.807, 2.05) is 34.1 Å². The number of nitrogens with zero attached hydrogens (tertiary/aromatic N) is 3. The average molecular weight is 426 g/mol. The van der Waals surface area contributed by atoms with Crippen LogP contribution < -0.4 is 4.90 Å². The monoisotopic (exact) mass is 425 g/mol. The lowest BCUT2D eigenvalue weighted by molar-refractivity contribution is 0.0746. The zero-order valence-corrected chi connectivity index (χ0v) is 18.9. The third-order valence-electron chi connectivity index (χ3n) is 5.98. The second-order valence-corrected chi connectivity index (χ2v) is 8.36. The number of halogens is 1. The number of anilines is 1. The first-order valence-electron chi connectivity index (χ1n) is 11.0. The molecule has 31 heavy (non-hydrogen) atoms. The molecule has 166 valence electrons. The molecule has 2 aromatic rings. The summed E-state index contributed by atoms with van der Waals surface area (Å²) in [5, 5.41) is 0. The molecule has 0 aliphatic carbocycles. The van der Waals surface area contributed by atoms with Crippen molar-refractivity contribution in [2.75, 3.05) is 37.6 Å². The van der Waals surface area contributed by atoms with Crippen LogP contribution in [-0.2, 0) is 6.54 Å². The van der Waals surface area contributed by atoms with Crippen molar-refractivity contribution in [2.24, 2.45) is 0 Å². The first-order valence-corrected chi connectivity index (χ1v) is 11.0. The summed E-state index contributed by atoms with van der Waals surface area (Å²) >= 11 is 0. The Morgan fingerprint density at radius 3 is 2.13 bits per heavy atom. The van der Waals surface area contributed by atoms with Crippen LogP contribution in [0.5, 0.6) is 0 Å². The van der Waals surface area contributed by atoms with Gasteiger partial charge in [-0.25, -0.2) is 4.39 Å². The molecule has 1 amide bonds. The van der Waals surface area contributed by atoms with E-state index >= 15 is 0 Å². The smallest absolute Gasteiger partial charge is 0.253 e. The number of rotatable bonds is 7. The third kappa shape index (κ3) is 5.50. The van der Waals surface area contributed by atoms with Crippen LogP contribution in [0.4, 0.5) is 10.1 Å². The van der Waals surface area contributed by atoms with E-state index < -0.39 is 5.82 Å². The zero-order valence-electron chi connectivity index (χ0n) is 18.9. The number of Topliss-reactive ketones (excluding diaryl/α,β-unsaturated/α-hetero) is 1. The molecule has 0 radical (unpaired) electrons. The predicted molar refractivity (Wildman–Crippen MR) is 122 cm³/mol. The Morgan fingerprint density at radius 2 is 1.61 bits per heavy atom. The molecule has 3 rings (SSSR count). The Labute approximate surface area is 184 Å². The average Bonchev–Trinajstić information content (AvgIpc) is 2.77. The first-order chi connectivity index (χ1) is 14.8. The van der Waals surface area contributed by atoms with Crippen molar-refractivity contribution < 1.29 is 14.0 Å². The maximum Gasteiger partial charge on any atom is 0.253 e. The maximum absolute atomic E-state index is 14.4. The third-order valence-corrected chi connectivity index (χ3v) is 5.98. The van der Waals surface area contributed by atoms with Gasteiger partial charge < -0.3 is 9.80 Å². The summed E-state index contributed by atoms with van der Waals surface area (Å²) in [5.74, 6) is -0.543. The number of piperazine rings is 1. The second-order valence-electron chi connectivity index (χ2n) is 8.36. The first kappa shape index (κ1) is 22.9. The Balaban J connectivity index is 1.59. The highest BCUT2D eigenvalue weighted by atomic mass is 19.1. The molecule has 1 saturated heterocycles. The van der Waals surface area contributed by atoms with Gasteiger partial charge in [-0.3, -0.25) is 14.5 Å². The molecule has 0 bridgehead atoms. The molecule has 6 heteroatoms. The van der Waals surface area contributed by atoms with Gasteiger partial charge >= 0.3 is 0 Å². The lowest BCUT2D eigenvalue weighted by Crippen LogP contribution is -2.49. The van der Waals surface area contributed by atoms with Gasteiger partial charge in [0, 0.05) is 49.9 Å². The number of amides is 1. The Morgan fingerprint density at radius 1 is 1.00 bits per heavy atom. The SMILES string of the molecule is CCN(Cc1ccc(C(=O)N2CCN(c3ccc(C(C)=O)cc3F)CC2)cc1)C(C)C. The van der Waals surface area contributed by atoms with E-state index in [1.165, 1.54) is 18.6 Å². The molecular formula is C25H32FN3O2. The summed E-state index contributed by atoms with van der Waals surface area (Å²) in [6, 6.07) is 12.9. The van der Waals surface area contributed by atoms with E-state index in [4.69, 9.17) is 0 Å². The van der Waals surface area contributed by atoms with Crippen molar-refractivity contribution in [1.29, 1.82) is 0 Å². The molecule has 0 unspecified atom stereocenters. The van der Waals surface area contributed by atoms with Gasteiger partial charge in [0.2, 0.25) is 0 Å². The second kappa shape index (κ2) is 10.1. The molecule has 1 aliphatic heterocycles. The van der Waals surface area contributed by atoms with Crippen LogP contribution in [0.15, 0.2) is 42.5 Å². The van der Waals surface area contributed by atoms with E-state index in [1.54, 1.807) is 12.1 Å². The molecule has 0 N–H and O–H groups in total. The number of carbonyl (C=O) groups is 2. The van der Waals surface area contributed by atoms with E-state index in [-0.39, 0.29) is 11.7 Å². The normalized spacial score (nSPS) is 14.4. The van der Waals surface area contributed by atoms with Gasteiger partial charge in [0.1, 0.15) is 5.82 Å². The molecule has 0 atom stereocenters.